The van der Waals surface area contributed by atoms with Gasteiger partial charge in [0.1, 0.15) is 34.9 Å². The zero-order valence-corrected chi connectivity index (χ0v) is 12.9. The van der Waals surface area contributed by atoms with Crippen LogP contribution < -0.4 is 0 Å². The van der Waals surface area contributed by atoms with Crippen LogP contribution in [-0.4, -0.2) is 74.9 Å². The first kappa shape index (κ1) is 19.3. The summed E-state index contributed by atoms with van der Waals surface area (Å²) in [5.74, 6) is 0. The maximum atomic E-state index is 10.5. The van der Waals surface area contributed by atoms with Gasteiger partial charge in [-0.25, -0.2) is 4.28 Å². The Morgan fingerprint density at radius 3 is 2.45 bits per heavy atom. The summed E-state index contributed by atoms with van der Waals surface area (Å²) >= 11 is 0.688. The van der Waals surface area contributed by atoms with E-state index in [9.17, 15) is 23.7 Å². The van der Waals surface area contributed by atoms with Crippen LogP contribution in [0.1, 0.15) is 6.42 Å². The predicted molar refractivity (Wildman–Crippen MR) is 76.2 cm³/mol. The lowest BCUT2D eigenvalue weighted by molar-refractivity contribution is -0.205. The van der Waals surface area contributed by atoms with Gasteiger partial charge < -0.3 is 25.2 Å². The lowest BCUT2D eigenvalue weighted by atomic mass is 10.0. The van der Waals surface area contributed by atoms with Crippen LogP contribution >= 0.6 is 11.8 Å². The fraction of sp³-hybridized carbons (Fsp3) is 0.700. The van der Waals surface area contributed by atoms with Gasteiger partial charge in [0.2, 0.25) is 0 Å². The third-order valence-electron chi connectivity index (χ3n) is 2.65. The van der Waals surface area contributed by atoms with E-state index >= 15 is 0 Å². The molecule has 0 aliphatic carbocycles. The Morgan fingerprint density at radius 2 is 1.95 bits per heavy atom. The Hall–Kier alpha value is -0.730. The van der Waals surface area contributed by atoms with E-state index in [1.54, 1.807) is 0 Å². The molecule has 1 aliphatic rings. The smallest absolute Gasteiger partial charge is 0.394 e. The monoisotopic (exact) mass is 359 g/mol. The maximum absolute atomic E-state index is 10.5. The molecule has 22 heavy (non-hydrogen) atoms. The van der Waals surface area contributed by atoms with E-state index in [1.807, 2.05) is 0 Å². The average Bonchev–Trinajstić information content (AvgIpc) is 2.44. The van der Waals surface area contributed by atoms with Gasteiger partial charge in [-0.15, -0.1) is 6.58 Å². The van der Waals surface area contributed by atoms with Crippen molar-refractivity contribution >= 4 is 27.2 Å². The highest BCUT2D eigenvalue weighted by atomic mass is 32.3. The van der Waals surface area contributed by atoms with Crippen molar-refractivity contribution in [3.63, 3.8) is 0 Å². The van der Waals surface area contributed by atoms with Crippen molar-refractivity contribution < 1.29 is 42.4 Å². The third-order valence-corrected chi connectivity index (χ3v) is 4.05. The second-order valence-electron chi connectivity index (χ2n) is 4.30. The molecule has 128 valence electrons. The summed E-state index contributed by atoms with van der Waals surface area (Å²) in [5.41, 5.74) is -1.15. The number of aliphatic hydroxyl groups excluding tert-OH is 4. The van der Waals surface area contributed by atoms with E-state index in [4.69, 9.17) is 14.4 Å². The molecule has 10 nitrogen and oxygen atoms in total. The number of allylic oxidation sites excluding steroid dienone is 1. The molecule has 0 amide bonds. The fourth-order valence-corrected chi connectivity index (χ4v) is 2.91. The molecule has 1 aliphatic heterocycles. The molecule has 5 atom stereocenters. The number of nitrogens with zero attached hydrogens (tertiary/aromatic N) is 1. The first-order chi connectivity index (χ1) is 10.2. The highest BCUT2D eigenvalue weighted by molar-refractivity contribution is 8.14. The zero-order valence-electron chi connectivity index (χ0n) is 11.2. The van der Waals surface area contributed by atoms with Gasteiger partial charge in [0.05, 0.1) is 6.61 Å². The average molecular weight is 359 g/mol. The summed E-state index contributed by atoms with van der Waals surface area (Å²) in [7, 11) is -4.79. The van der Waals surface area contributed by atoms with Crippen LogP contribution in [0.5, 0.6) is 0 Å². The minimum absolute atomic E-state index is 0.0230. The largest absolute Gasteiger partial charge is 0.466 e. The van der Waals surface area contributed by atoms with Crippen molar-refractivity contribution in [1.29, 1.82) is 0 Å². The van der Waals surface area contributed by atoms with Gasteiger partial charge in [0.15, 0.2) is 0 Å². The molecule has 0 aromatic carbocycles. The molecule has 1 heterocycles. The van der Waals surface area contributed by atoms with Crippen LogP contribution in [0.3, 0.4) is 0 Å². The van der Waals surface area contributed by atoms with E-state index < -0.39 is 46.9 Å². The fourth-order valence-electron chi connectivity index (χ4n) is 1.62. The van der Waals surface area contributed by atoms with Crippen LogP contribution in [0, 0.1) is 0 Å². The highest BCUT2D eigenvalue weighted by Crippen LogP contribution is 2.30. The summed E-state index contributed by atoms with van der Waals surface area (Å²) < 4.78 is 38.5. The molecule has 5 N–H and O–H groups in total. The Labute approximate surface area is 131 Å². The first-order valence-corrected chi connectivity index (χ1v) is 8.25. The molecule has 1 saturated heterocycles. The summed E-state index contributed by atoms with van der Waals surface area (Å²) in [6, 6.07) is 0. The number of rotatable bonds is 6. The van der Waals surface area contributed by atoms with Crippen LogP contribution in [0.25, 0.3) is 0 Å². The number of thioether (sulfide) groups is 1. The van der Waals surface area contributed by atoms with Gasteiger partial charge in [-0.05, 0) is 0 Å². The van der Waals surface area contributed by atoms with Crippen molar-refractivity contribution in [3.05, 3.63) is 12.7 Å². The van der Waals surface area contributed by atoms with Gasteiger partial charge in [-0.2, -0.15) is 8.42 Å². The first-order valence-electron chi connectivity index (χ1n) is 6.00. The summed E-state index contributed by atoms with van der Waals surface area (Å²) in [5, 5.41) is 41.3. The van der Waals surface area contributed by atoms with E-state index in [2.05, 4.69) is 16.0 Å². The van der Waals surface area contributed by atoms with E-state index in [-0.39, 0.29) is 11.5 Å². The molecular weight excluding hydrogens is 342 g/mol. The van der Waals surface area contributed by atoms with Gasteiger partial charge >= 0.3 is 10.4 Å². The van der Waals surface area contributed by atoms with Crippen LogP contribution in [-0.2, 0) is 19.4 Å². The molecule has 1 rings (SSSR count). The minimum Gasteiger partial charge on any atom is -0.394 e. The van der Waals surface area contributed by atoms with E-state index in [0.29, 0.717) is 11.8 Å². The number of oxime groups is 1. The van der Waals surface area contributed by atoms with E-state index in [0.717, 1.165) is 0 Å². The molecular formula is C10H17NO9S2. The van der Waals surface area contributed by atoms with Gasteiger partial charge in [-0.1, -0.05) is 23.0 Å². The molecule has 0 spiro atoms. The molecule has 0 saturated carbocycles. The Bertz CT molecular complexity index is 507. The van der Waals surface area contributed by atoms with Crippen molar-refractivity contribution in [2.45, 2.75) is 36.3 Å². The van der Waals surface area contributed by atoms with Crippen molar-refractivity contribution in [3.8, 4) is 0 Å². The summed E-state index contributed by atoms with van der Waals surface area (Å²) in [4.78, 5) is 0. The maximum Gasteiger partial charge on any atom is 0.466 e. The number of aliphatic hydroxyl groups is 4. The summed E-state index contributed by atoms with van der Waals surface area (Å²) in [6.45, 7) is 2.82. The standard InChI is InChI=1S/C10H17NO9S2/c1-2-3-6(11-20-22(16,17)18)21-10-9(15)8(14)7(13)5(4-12)19-10/h2,5,7-10,12-15H,1,3-4H2,(H,16,17,18)/b11-6-/t5-,7+,8-,9+,10-/m0/s1. The Kier molecular flexibility index (Phi) is 7.21. The highest BCUT2D eigenvalue weighted by Gasteiger charge is 2.44. The SMILES string of the molecule is C=CC/C(=N/OS(=O)(=O)O)S[C@@H]1O[C@@H](CO)[C@@H](O)[C@H](O)[C@H]1O. The van der Waals surface area contributed by atoms with Crippen LogP contribution in [0.2, 0.25) is 0 Å². The van der Waals surface area contributed by atoms with Gasteiger partial charge in [0, 0.05) is 6.42 Å². The van der Waals surface area contributed by atoms with Crippen molar-refractivity contribution in [2.75, 3.05) is 6.61 Å². The Balaban J connectivity index is 2.85. The molecule has 12 heteroatoms. The minimum atomic E-state index is -4.79. The quantitative estimate of drug-likeness (QED) is 0.120. The topological polar surface area (TPSA) is 166 Å². The number of ether oxygens (including phenoxy) is 1. The molecule has 0 aromatic heterocycles. The number of hydrogen-bond donors (Lipinski definition) is 5. The zero-order chi connectivity index (χ0) is 16.9. The summed E-state index contributed by atoms with van der Waals surface area (Å²) in [6.07, 6.45) is -4.34. The molecule has 0 bridgehead atoms. The molecule has 0 aromatic rings. The second kappa shape index (κ2) is 8.21. The molecule has 0 radical (unpaired) electrons. The lowest BCUT2D eigenvalue weighted by Crippen LogP contribution is -2.57. The van der Waals surface area contributed by atoms with Crippen molar-refractivity contribution in [1.82, 2.24) is 0 Å². The third kappa shape index (κ3) is 5.48. The predicted octanol–water partition coefficient (Wildman–Crippen LogP) is -1.77. The van der Waals surface area contributed by atoms with Gasteiger partial charge in [0.25, 0.3) is 0 Å². The lowest BCUT2D eigenvalue weighted by Gasteiger charge is -2.39. The second-order valence-corrected chi connectivity index (χ2v) is 6.47. The Morgan fingerprint density at radius 1 is 1.32 bits per heavy atom. The molecule has 1 fully saturated rings. The van der Waals surface area contributed by atoms with Crippen LogP contribution in [0.4, 0.5) is 0 Å². The normalized spacial score (nSPS) is 33.5. The molecule has 0 unspecified atom stereocenters. The van der Waals surface area contributed by atoms with Crippen LogP contribution in [0.15, 0.2) is 17.8 Å². The van der Waals surface area contributed by atoms with Gasteiger partial charge in [-0.3, -0.25) is 4.55 Å². The van der Waals surface area contributed by atoms with E-state index in [1.165, 1.54) is 6.08 Å². The van der Waals surface area contributed by atoms with Crippen molar-refractivity contribution in [2.24, 2.45) is 5.16 Å². The number of hydrogen-bond acceptors (Lipinski definition) is 10.